The van der Waals surface area contributed by atoms with Gasteiger partial charge in [0, 0.05) is 22.0 Å². The van der Waals surface area contributed by atoms with E-state index in [1.807, 2.05) is 36.4 Å². The second-order valence-electron chi connectivity index (χ2n) is 17.6. The van der Waals surface area contributed by atoms with E-state index in [9.17, 15) is 4.57 Å². The third-order valence-electron chi connectivity index (χ3n) is 11.0. The highest BCUT2D eigenvalue weighted by molar-refractivity contribution is 9.10. The first-order chi connectivity index (χ1) is 32.1. The number of rotatable bonds is 30. The minimum absolute atomic E-state index is 0.356. The van der Waals surface area contributed by atoms with Gasteiger partial charge in [-0.05, 0) is 170 Å². The lowest BCUT2D eigenvalue weighted by Crippen LogP contribution is -2.16. The molecule has 0 spiro atoms. The van der Waals surface area contributed by atoms with E-state index in [2.05, 4.69) is 131 Å². The van der Waals surface area contributed by atoms with Crippen LogP contribution < -0.4 is 20.1 Å². The van der Waals surface area contributed by atoms with Crippen LogP contribution in [0.3, 0.4) is 0 Å². The third-order valence-corrected chi connectivity index (χ3v) is 13.3. The van der Waals surface area contributed by atoms with Crippen LogP contribution in [-0.2, 0) is 52.4 Å². The summed E-state index contributed by atoms with van der Waals surface area (Å²) in [5.41, 5.74) is 9.41. The standard InChI is InChI=1S/C54H67Br2N2O7P/c1-39(2)31-45-19-15-41(35-49(45)55)11-5-25-62-53-21-17-43(33-47(53)51-13-7-27-60-51)37-57-23-9-29-64-66(59)65-30-10-24-58-38-44-18-22-54(48(34-44)52-14-8-28-61-52)63-26-6-12-42-16-20-46(32-40(3)4)50(56)36-42/h7-8,13-22,27-28,33-36,39-40,57-58,66H,5-6,9-12,23-26,29-32,37-38H2,1-4H3. The van der Waals surface area contributed by atoms with Gasteiger partial charge in [-0.1, -0.05) is 96.0 Å². The van der Waals surface area contributed by atoms with Gasteiger partial charge in [-0.15, -0.1) is 0 Å². The number of furan rings is 2. The number of hydrogen-bond donors (Lipinski definition) is 2. The lowest BCUT2D eigenvalue weighted by Gasteiger charge is -2.13. The maximum Gasteiger partial charge on any atom is 0.319 e. The summed E-state index contributed by atoms with van der Waals surface area (Å²) in [5, 5.41) is 6.93. The Morgan fingerprint density at radius 3 is 1.38 bits per heavy atom. The van der Waals surface area contributed by atoms with Gasteiger partial charge in [-0.2, -0.15) is 0 Å². The Balaban J connectivity index is 0.831. The van der Waals surface area contributed by atoms with Crippen molar-refractivity contribution in [2.75, 3.05) is 39.5 Å². The molecular weight excluding hydrogens is 979 g/mol. The van der Waals surface area contributed by atoms with Gasteiger partial charge in [0.05, 0.1) is 50.1 Å². The fraction of sp³-hybridized carbons (Fsp3) is 0.407. The molecule has 0 aliphatic rings. The van der Waals surface area contributed by atoms with Gasteiger partial charge in [0.25, 0.3) is 0 Å². The maximum absolute atomic E-state index is 12.4. The fourth-order valence-electron chi connectivity index (χ4n) is 7.71. The molecule has 12 heteroatoms. The van der Waals surface area contributed by atoms with Gasteiger partial charge in [0.2, 0.25) is 0 Å². The molecule has 354 valence electrons. The number of ether oxygens (including phenoxy) is 2. The molecule has 0 aliphatic heterocycles. The Morgan fingerprint density at radius 1 is 0.545 bits per heavy atom. The van der Waals surface area contributed by atoms with E-state index in [1.165, 1.54) is 31.2 Å². The molecular formula is C54H67Br2N2O7P. The van der Waals surface area contributed by atoms with Crippen molar-refractivity contribution in [2.45, 2.75) is 92.2 Å². The van der Waals surface area contributed by atoms with Crippen LogP contribution in [0.15, 0.2) is 127 Å². The first kappa shape index (κ1) is 51.5. The number of nitrogens with one attached hydrogen (secondary N) is 2. The van der Waals surface area contributed by atoms with Crippen LogP contribution in [0.5, 0.6) is 11.5 Å². The van der Waals surface area contributed by atoms with Gasteiger partial charge in [-0.3, -0.25) is 4.57 Å². The first-order valence-electron chi connectivity index (χ1n) is 23.5. The average Bonchev–Trinajstić information content (AvgIpc) is 4.05. The smallest absolute Gasteiger partial charge is 0.319 e. The van der Waals surface area contributed by atoms with Crippen molar-refractivity contribution in [1.82, 2.24) is 10.6 Å². The molecule has 0 radical (unpaired) electrons. The lowest BCUT2D eigenvalue weighted by molar-refractivity contribution is 0.220. The molecule has 0 saturated heterocycles. The summed E-state index contributed by atoms with van der Waals surface area (Å²) in [4.78, 5) is 0. The summed E-state index contributed by atoms with van der Waals surface area (Å²) >= 11 is 7.52. The van der Waals surface area contributed by atoms with Crippen LogP contribution in [0.2, 0.25) is 0 Å². The highest BCUT2D eigenvalue weighted by Crippen LogP contribution is 2.34. The van der Waals surface area contributed by atoms with Crippen LogP contribution in [0.25, 0.3) is 22.6 Å². The molecule has 2 N–H and O–H groups in total. The largest absolute Gasteiger partial charge is 0.493 e. The highest BCUT2D eigenvalue weighted by atomic mass is 79.9. The number of hydrogen-bond acceptors (Lipinski definition) is 9. The number of halogens is 2. The van der Waals surface area contributed by atoms with Gasteiger partial charge in [0.1, 0.15) is 23.0 Å². The molecule has 6 rings (SSSR count). The molecule has 0 unspecified atom stereocenters. The van der Waals surface area contributed by atoms with Crippen molar-refractivity contribution in [1.29, 1.82) is 0 Å². The van der Waals surface area contributed by atoms with Crippen molar-refractivity contribution in [3.05, 3.63) is 152 Å². The molecule has 6 aromatic rings. The molecule has 2 aromatic heterocycles. The quantitative estimate of drug-likeness (QED) is 0.0337. The molecule has 0 bridgehead atoms. The Hall–Kier alpha value is -3.93. The summed E-state index contributed by atoms with van der Waals surface area (Å²) in [6.07, 6.45) is 10.6. The van der Waals surface area contributed by atoms with Crippen molar-refractivity contribution in [2.24, 2.45) is 11.8 Å². The molecule has 0 atom stereocenters. The Kier molecular flexibility index (Phi) is 21.7. The van der Waals surface area contributed by atoms with E-state index in [0.29, 0.717) is 77.3 Å². The molecule has 0 saturated carbocycles. The highest BCUT2D eigenvalue weighted by Gasteiger charge is 2.14. The molecule has 66 heavy (non-hydrogen) atoms. The molecule has 0 fully saturated rings. The van der Waals surface area contributed by atoms with Crippen LogP contribution in [0.4, 0.5) is 0 Å². The average molecular weight is 1050 g/mol. The first-order valence-corrected chi connectivity index (χ1v) is 26.3. The minimum Gasteiger partial charge on any atom is -0.493 e. The van der Waals surface area contributed by atoms with Crippen molar-refractivity contribution >= 4 is 40.1 Å². The maximum atomic E-state index is 12.4. The van der Waals surface area contributed by atoms with E-state index in [4.69, 9.17) is 27.4 Å². The van der Waals surface area contributed by atoms with E-state index in [-0.39, 0.29) is 0 Å². The van der Waals surface area contributed by atoms with Crippen molar-refractivity contribution in [3.8, 4) is 34.1 Å². The summed E-state index contributed by atoms with van der Waals surface area (Å²) < 4.78 is 49.9. The summed E-state index contributed by atoms with van der Waals surface area (Å²) in [5.74, 6) is 4.41. The molecule has 4 aromatic carbocycles. The van der Waals surface area contributed by atoms with Crippen molar-refractivity contribution in [3.63, 3.8) is 0 Å². The Bertz CT molecular complexity index is 2210. The molecule has 2 heterocycles. The minimum atomic E-state index is -2.56. The third kappa shape index (κ3) is 17.3. The van der Waals surface area contributed by atoms with Gasteiger partial charge in [0.15, 0.2) is 0 Å². The predicted octanol–water partition coefficient (Wildman–Crippen LogP) is 14.2. The van der Waals surface area contributed by atoms with Crippen molar-refractivity contribution < 1.29 is 31.9 Å². The monoisotopic (exact) mass is 1040 g/mol. The zero-order valence-electron chi connectivity index (χ0n) is 39.0. The van der Waals surface area contributed by atoms with Crippen LogP contribution in [0.1, 0.15) is 86.8 Å². The van der Waals surface area contributed by atoms with Gasteiger partial charge in [-0.25, -0.2) is 0 Å². The number of aryl methyl sites for hydroxylation is 2. The number of benzene rings is 4. The SMILES string of the molecule is CC(C)Cc1ccc(CCCOc2ccc(CNCCCO[PH](=O)OCCCNCc3ccc(OCCCc4ccc(CC(C)C)c(Br)c4)c(-c4ccco4)c3)cc2-c2ccco2)cc1Br. The topological polar surface area (TPSA) is 104 Å². The summed E-state index contributed by atoms with van der Waals surface area (Å²) in [6, 6.07) is 33.6. The van der Waals surface area contributed by atoms with Gasteiger partial charge >= 0.3 is 8.25 Å². The Morgan fingerprint density at radius 2 is 0.985 bits per heavy atom. The normalized spacial score (nSPS) is 11.7. The summed E-state index contributed by atoms with van der Waals surface area (Å²) in [7, 11) is -2.56. The molecule has 9 nitrogen and oxygen atoms in total. The predicted molar refractivity (Wildman–Crippen MR) is 275 cm³/mol. The zero-order chi connectivity index (χ0) is 46.5. The molecule has 0 amide bonds. The second kappa shape index (κ2) is 27.8. The fourth-order valence-corrected chi connectivity index (χ4v) is 9.59. The zero-order valence-corrected chi connectivity index (χ0v) is 43.1. The van der Waals surface area contributed by atoms with E-state index in [1.54, 1.807) is 12.5 Å². The van der Waals surface area contributed by atoms with E-state index >= 15 is 0 Å². The van der Waals surface area contributed by atoms with Crippen LogP contribution in [0, 0.1) is 11.8 Å². The van der Waals surface area contributed by atoms with Gasteiger partial charge < -0.3 is 38.0 Å². The van der Waals surface area contributed by atoms with E-state index < -0.39 is 8.25 Å². The van der Waals surface area contributed by atoms with Crippen LogP contribution >= 0.6 is 40.1 Å². The molecule has 0 aliphatic carbocycles. The summed E-state index contributed by atoms with van der Waals surface area (Å²) in [6.45, 7) is 13.7. The Labute approximate surface area is 410 Å². The lowest BCUT2D eigenvalue weighted by atomic mass is 10.0. The van der Waals surface area contributed by atoms with Crippen LogP contribution in [-0.4, -0.2) is 39.5 Å². The second-order valence-corrected chi connectivity index (χ2v) is 20.4. The van der Waals surface area contributed by atoms with E-state index in [0.717, 1.165) is 83.8 Å².